The molecule has 0 saturated carbocycles. The first-order valence-electron chi connectivity index (χ1n) is 10.7. The average molecular weight is 513 g/mol. The number of para-hydroxylation sites is 1. The van der Waals surface area contributed by atoms with Gasteiger partial charge in [0.05, 0.1) is 28.4 Å². The van der Waals surface area contributed by atoms with Crippen LogP contribution in [0.25, 0.3) is 33.1 Å². The Hall–Kier alpha value is -4.11. The van der Waals surface area contributed by atoms with E-state index in [1.807, 2.05) is 31.2 Å². The predicted octanol–water partition coefficient (Wildman–Crippen LogP) is 4.57. The minimum atomic E-state index is -0.419. The Morgan fingerprint density at radius 2 is 1.76 bits per heavy atom. The molecule has 0 radical (unpaired) electrons. The van der Waals surface area contributed by atoms with Crippen LogP contribution in [0.2, 0.25) is 0 Å². The van der Waals surface area contributed by atoms with E-state index in [0.717, 1.165) is 15.4 Å². The minimum Gasteiger partial charge on any atom is -0.361 e. The highest BCUT2D eigenvalue weighted by Crippen LogP contribution is 2.41. The van der Waals surface area contributed by atoms with E-state index in [-0.39, 0.29) is 5.57 Å². The number of H-pyrrole nitrogens is 1. The summed E-state index contributed by atoms with van der Waals surface area (Å²) in [5.74, 6) is -0.812. The van der Waals surface area contributed by atoms with Crippen molar-refractivity contribution in [1.82, 2.24) is 25.0 Å². The number of anilines is 1. The van der Waals surface area contributed by atoms with Gasteiger partial charge in [0.1, 0.15) is 5.69 Å². The van der Waals surface area contributed by atoms with Crippen LogP contribution in [-0.4, -0.2) is 36.8 Å². The molecular formula is C25H17BrN6O2. The van der Waals surface area contributed by atoms with E-state index in [1.165, 1.54) is 4.90 Å². The number of amides is 2. The summed E-state index contributed by atoms with van der Waals surface area (Å²) in [4.78, 5) is 32.2. The van der Waals surface area contributed by atoms with E-state index in [4.69, 9.17) is 5.10 Å². The Morgan fingerprint density at radius 1 is 0.971 bits per heavy atom. The number of fused-ring (bicyclic) bond motifs is 2. The number of aromatic nitrogens is 5. The van der Waals surface area contributed by atoms with Gasteiger partial charge in [-0.3, -0.25) is 9.59 Å². The molecule has 0 bridgehead atoms. The number of imide groups is 1. The predicted molar refractivity (Wildman–Crippen MR) is 133 cm³/mol. The van der Waals surface area contributed by atoms with E-state index in [0.29, 0.717) is 40.1 Å². The maximum Gasteiger partial charge on any atom is 0.268 e. The number of rotatable bonds is 4. The van der Waals surface area contributed by atoms with Crippen molar-refractivity contribution in [3.63, 3.8) is 0 Å². The Kier molecular flexibility index (Phi) is 4.66. The molecule has 5 aromatic rings. The first-order valence-corrected chi connectivity index (χ1v) is 11.5. The monoisotopic (exact) mass is 512 g/mol. The molecule has 0 aliphatic carbocycles. The Bertz CT molecular complexity index is 1650. The van der Waals surface area contributed by atoms with Crippen molar-refractivity contribution < 1.29 is 9.59 Å². The largest absolute Gasteiger partial charge is 0.361 e. The number of carbonyl (C=O) groups excluding carboxylic acids is 2. The zero-order valence-corrected chi connectivity index (χ0v) is 19.6. The summed E-state index contributed by atoms with van der Waals surface area (Å²) in [5, 5.41) is 14.4. The molecule has 3 aromatic heterocycles. The Balaban J connectivity index is 1.67. The number of hydrogen-bond donors (Lipinski definition) is 1. The van der Waals surface area contributed by atoms with Gasteiger partial charge in [0.2, 0.25) is 0 Å². The number of benzene rings is 2. The van der Waals surface area contributed by atoms with Gasteiger partial charge in [-0.05, 0) is 37.3 Å². The molecule has 8 nitrogen and oxygen atoms in total. The fourth-order valence-electron chi connectivity index (χ4n) is 4.44. The second-order valence-corrected chi connectivity index (χ2v) is 8.77. The van der Waals surface area contributed by atoms with Crippen LogP contribution in [-0.2, 0) is 16.1 Å². The van der Waals surface area contributed by atoms with Crippen LogP contribution in [0.15, 0.2) is 71.5 Å². The molecule has 34 heavy (non-hydrogen) atoms. The molecular weight excluding hydrogens is 496 g/mol. The molecule has 0 spiro atoms. The summed E-state index contributed by atoms with van der Waals surface area (Å²) in [6.45, 7) is 2.49. The number of carbonyl (C=O) groups is 2. The van der Waals surface area contributed by atoms with Crippen LogP contribution < -0.4 is 4.90 Å². The van der Waals surface area contributed by atoms with E-state index in [1.54, 1.807) is 47.4 Å². The van der Waals surface area contributed by atoms with Crippen molar-refractivity contribution in [2.75, 3.05) is 4.90 Å². The second-order valence-electron chi connectivity index (χ2n) is 7.86. The van der Waals surface area contributed by atoms with Crippen LogP contribution >= 0.6 is 15.9 Å². The molecule has 0 unspecified atom stereocenters. The zero-order valence-electron chi connectivity index (χ0n) is 18.0. The molecule has 2 amide bonds. The molecule has 9 heteroatoms. The summed E-state index contributed by atoms with van der Waals surface area (Å²) in [6.07, 6.45) is 3.33. The summed E-state index contributed by atoms with van der Waals surface area (Å²) in [6, 6.07) is 16.5. The highest BCUT2D eigenvalue weighted by atomic mass is 79.9. The summed E-state index contributed by atoms with van der Waals surface area (Å²) < 4.78 is 2.60. The van der Waals surface area contributed by atoms with Gasteiger partial charge in [-0.2, -0.15) is 10.2 Å². The molecule has 4 heterocycles. The fourth-order valence-corrected chi connectivity index (χ4v) is 4.80. The van der Waals surface area contributed by atoms with E-state index >= 15 is 0 Å². The topological polar surface area (TPSA) is 96.8 Å². The smallest absolute Gasteiger partial charge is 0.268 e. The van der Waals surface area contributed by atoms with Crippen LogP contribution in [0.3, 0.4) is 0 Å². The normalized spacial score (nSPS) is 14.2. The van der Waals surface area contributed by atoms with Crippen LogP contribution in [0, 0.1) is 0 Å². The number of aryl methyl sites for hydroxylation is 1. The standard InChI is InChI=1S/C25H17BrN6O2/c1-2-31-23-17(10-11-28-29-23)22(30-31)21-20(18-13-27-19-12-14(26)8-9-16(18)19)24(33)32(25(21)34)15-6-4-3-5-7-15/h3-13,27H,2H2,1H3. The van der Waals surface area contributed by atoms with E-state index < -0.39 is 11.8 Å². The van der Waals surface area contributed by atoms with Crippen molar-refractivity contribution in [2.45, 2.75) is 13.5 Å². The number of halogens is 1. The SMILES string of the molecule is CCn1nc(C2=C(c3c[nH]c4cc(Br)ccc34)C(=O)N(c3ccccc3)C2=O)c2ccnnc21. The zero-order chi connectivity index (χ0) is 23.4. The second kappa shape index (κ2) is 7.74. The van der Waals surface area contributed by atoms with Crippen molar-refractivity contribution >= 4 is 66.5 Å². The Morgan fingerprint density at radius 3 is 2.56 bits per heavy atom. The first-order chi connectivity index (χ1) is 16.6. The van der Waals surface area contributed by atoms with Crippen molar-refractivity contribution in [2.24, 2.45) is 0 Å². The van der Waals surface area contributed by atoms with Crippen molar-refractivity contribution in [3.8, 4) is 0 Å². The summed E-state index contributed by atoms with van der Waals surface area (Å²) >= 11 is 3.49. The van der Waals surface area contributed by atoms with Gasteiger partial charge in [0, 0.05) is 33.7 Å². The lowest BCUT2D eigenvalue weighted by Gasteiger charge is -2.14. The Labute approximate surface area is 202 Å². The van der Waals surface area contributed by atoms with Gasteiger partial charge in [-0.25, -0.2) is 9.58 Å². The molecule has 2 aromatic carbocycles. The molecule has 166 valence electrons. The van der Waals surface area contributed by atoms with Crippen molar-refractivity contribution in [1.29, 1.82) is 0 Å². The van der Waals surface area contributed by atoms with Crippen molar-refractivity contribution in [3.05, 3.63) is 82.7 Å². The lowest BCUT2D eigenvalue weighted by Crippen LogP contribution is -2.31. The number of aromatic amines is 1. The summed E-state index contributed by atoms with van der Waals surface area (Å²) in [7, 11) is 0. The minimum absolute atomic E-state index is 0.253. The lowest BCUT2D eigenvalue weighted by molar-refractivity contribution is -0.119. The number of hydrogen-bond acceptors (Lipinski definition) is 5. The number of nitrogens with one attached hydrogen (secondary N) is 1. The lowest BCUT2D eigenvalue weighted by atomic mass is 9.98. The van der Waals surface area contributed by atoms with Gasteiger partial charge < -0.3 is 4.98 Å². The molecule has 6 rings (SSSR count). The molecule has 0 saturated heterocycles. The summed E-state index contributed by atoms with van der Waals surface area (Å²) in [5.41, 5.74) is 3.55. The van der Waals surface area contributed by atoms with Gasteiger partial charge in [0.25, 0.3) is 11.8 Å². The first kappa shape index (κ1) is 20.5. The highest BCUT2D eigenvalue weighted by Gasteiger charge is 2.43. The maximum absolute atomic E-state index is 13.9. The molecule has 1 aliphatic heterocycles. The third-order valence-electron chi connectivity index (χ3n) is 5.97. The van der Waals surface area contributed by atoms with Gasteiger partial charge >= 0.3 is 0 Å². The van der Waals surface area contributed by atoms with Crippen LogP contribution in [0.4, 0.5) is 5.69 Å². The third kappa shape index (κ3) is 2.94. The molecule has 0 atom stereocenters. The van der Waals surface area contributed by atoms with E-state index in [9.17, 15) is 9.59 Å². The number of nitrogens with zero attached hydrogens (tertiary/aromatic N) is 5. The fraction of sp³-hybridized carbons (Fsp3) is 0.0800. The molecule has 1 N–H and O–H groups in total. The van der Waals surface area contributed by atoms with Gasteiger partial charge in [-0.15, -0.1) is 5.10 Å². The van der Waals surface area contributed by atoms with Gasteiger partial charge in [0.15, 0.2) is 5.65 Å². The highest BCUT2D eigenvalue weighted by molar-refractivity contribution is 9.10. The van der Waals surface area contributed by atoms with Crippen LogP contribution in [0.5, 0.6) is 0 Å². The molecule has 0 fully saturated rings. The maximum atomic E-state index is 13.9. The average Bonchev–Trinajstić information content (AvgIpc) is 3.50. The quantitative estimate of drug-likeness (QED) is 0.355. The molecule has 1 aliphatic rings. The third-order valence-corrected chi connectivity index (χ3v) is 6.46. The van der Waals surface area contributed by atoms with Gasteiger partial charge in [-0.1, -0.05) is 40.2 Å². The van der Waals surface area contributed by atoms with Crippen LogP contribution in [0.1, 0.15) is 18.2 Å². The van der Waals surface area contributed by atoms with E-state index in [2.05, 4.69) is 31.1 Å².